The van der Waals surface area contributed by atoms with E-state index in [0.29, 0.717) is 29.8 Å². The molecule has 4 aliphatic rings. The Kier molecular flexibility index (Phi) is 4.87. The van der Waals surface area contributed by atoms with Crippen molar-refractivity contribution >= 4 is 29.3 Å². The zero-order valence-corrected chi connectivity index (χ0v) is 19.9. The number of imide groups is 2. The van der Waals surface area contributed by atoms with Crippen LogP contribution in [-0.4, -0.2) is 35.8 Å². The number of methoxy groups -OCH3 is 1. The number of hydrogen-bond donors (Lipinski definition) is 2. The molecule has 8 heteroatoms. The number of phenolic OH excluding ortho intramolecular Hbond substituents is 1. The van der Waals surface area contributed by atoms with E-state index < -0.39 is 29.1 Å². The van der Waals surface area contributed by atoms with Crippen LogP contribution in [0.2, 0.25) is 0 Å². The Hall–Kier alpha value is -3.94. The minimum Gasteiger partial charge on any atom is -0.504 e. The summed E-state index contributed by atoms with van der Waals surface area (Å²) in [4.78, 5) is 54.6. The summed E-state index contributed by atoms with van der Waals surface area (Å²) in [5.74, 6) is -3.67. The molecule has 0 spiro atoms. The van der Waals surface area contributed by atoms with Gasteiger partial charge in [0.15, 0.2) is 11.5 Å². The average Bonchev–Trinajstić information content (AvgIpc) is 3.27. The fourth-order valence-electron chi connectivity index (χ4n) is 7.02. The molecule has 2 aromatic rings. The third-order valence-electron chi connectivity index (χ3n) is 8.67. The number of ether oxygens (including phenoxy) is 1. The maximum absolute atomic E-state index is 14.1. The number of amides is 4. The number of hydrogen-bond acceptors (Lipinski definition) is 6. The molecular weight excluding hydrogens is 460 g/mol. The first-order valence-electron chi connectivity index (χ1n) is 12.1. The molecule has 1 saturated carbocycles. The van der Waals surface area contributed by atoms with Gasteiger partial charge in [0.2, 0.25) is 23.6 Å². The van der Waals surface area contributed by atoms with Crippen LogP contribution in [0.3, 0.4) is 0 Å². The molecule has 6 atom stereocenters. The highest BCUT2D eigenvalue weighted by Crippen LogP contribution is 2.63. The molecule has 2 saturated heterocycles. The third kappa shape index (κ3) is 2.87. The number of allylic oxidation sites excluding steroid dienone is 2. The number of carbonyl (C=O) groups is 4. The third-order valence-corrected chi connectivity index (χ3v) is 8.67. The van der Waals surface area contributed by atoms with E-state index in [1.807, 2.05) is 19.1 Å². The first-order valence-corrected chi connectivity index (χ1v) is 12.1. The van der Waals surface area contributed by atoms with Crippen molar-refractivity contribution in [3.8, 4) is 11.5 Å². The van der Waals surface area contributed by atoms with E-state index in [9.17, 15) is 24.3 Å². The van der Waals surface area contributed by atoms with Gasteiger partial charge in [-0.2, -0.15) is 0 Å². The minimum atomic E-state index is -1.14. The van der Waals surface area contributed by atoms with Crippen LogP contribution in [0.1, 0.15) is 31.2 Å². The van der Waals surface area contributed by atoms with Gasteiger partial charge in [-0.1, -0.05) is 35.9 Å². The van der Waals surface area contributed by atoms with Gasteiger partial charge < -0.3 is 9.84 Å². The molecule has 6 unspecified atom stereocenters. The summed E-state index contributed by atoms with van der Waals surface area (Å²) >= 11 is 0. The normalized spacial score (nSPS) is 33.0. The van der Waals surface area contributed by atoms with Crippen molar-refractivity contribution in [2.24, 2.45) is 29.1 Å². The summed E-state index contributed by atoms with van der Waals surface area (Å²) in [6, 6.07) is 13.9. The quantitative estimate of drug-likeness (QED) is 0.510. The number of carbonyl (C=O) groups excluding carboxylic acids is 4. The van der Waals surface area contributed by atoms with Gasteiger partial charge in [0, 0.05) is 5.92 Å². The highest BCUT2D eigenvalue weighted by Gasteiger charge is 2.67. The summed E-state index contributed by atoms with van der Waals surface area (Å²) in [5, 5.41) is 13.1. The molecule has 2 aromatic carbocycles. The molecule has 3 fully saturated rings. The molecule has 4 amide bonds. The highest BCUT2D eigenvalue weighted by atomic mass is 16.5. The Morgan fingerprint density at radius 1 is 1.03 bits per heavy atom. The number of aromatic hydroxyl groups is 1. The van der Waals surface area contributed by atoms with Gasteiger partial charge in [-0.05, 0) is 55.5 Å². The van der Waals surface area contributed by atoms with Crippen molar-refractivity contribution in [1.29, 1.82) is 0 Å². The zero-order chi connectivity index (χ0) is 25.4. The van der Waals surface area contributed by atoms with Crippen molar-refractivity contribution in [1.82, 2.24) is 5.32 Å². The molecule has 2 aliphatic heterocycles. The summed E-state index contributed by atoms with van der Waals surface area (Å²) < 4.78 is 5.22. The maximum Gasteiger partial charge on any atom is 0.241 e. The SMILES string of the molecule is COc1ccc(C2C3=CCC4C(=O)NC(=O)C4C3CC3C(=O)N(c4ccccc4)C(=O)C32C)cc1O. The second-order valence-corrected chi connectivity index (χ2v) is 10.3. The van der Waals surface area contributed by atoms with Gasteiger partial charge >= 0.3 is 0 Å². The Bertz CT molecular complexity index is 1350. The number of nitrogens with one attached hydrogen (secondary N) is 1. The maximum atomic E-state index is 14.1. The lowest BCUT2D eigenvalue weighted by Crippen LogP contribution is -2.48. The van der Waals surface area contributed by atoms with Crippen molar-refractivity contribution in [2.45, 2.75) is 25.7 Å². The molecule has 2 heterocycles. The minimum absolute atomic E-state index is 0.0722. The summed E-state index contributed by atoms with van der Waals surface area (Å²) in [6.07, 6.45) is 2.66. The number of fused-ring (bicyclic) bond motifs is 4. The van der Waals surface area contributed by atoms with Crippen LogP contribution in [0.4, 0.5) is 5.69 Å². The summed E-state index contributed by atoms with van der Waals surface area (Å²) in [5.41, 5.74) is 0.905. The standard InChI is InChI=1S/C28H26N2O6/c1-28-19(26(34)30(27(28)35)15-6-4-3-5-7-15)13-18-16(9-10-17-22(18)25(33)29-24(17)32)23(28)14-8-11-21(36-2)20(31)12-14/h3-9,11-12,17-19,22-23,31H,10,13H2,1-2H3,(H,29,32,33). The molecule has 184 valence electrons. The van der Waals surface area contributed by atoms with Crippen molar-refractivity contribution in [2.75, 3.05) is 12.0 Å². The van der Waals surface area contributed by atoms with E-state index in [1.54, 1.807) is 42.5 Å². The van der Waals surface area contributed by atoms with Gasteiger partial charge in [0.05, 0.1) is 36.0 Å². The predicted octanol–water partition coefficient (Wildman–Crippen LogP) is 2.92. The Labute approximate surface area is 207 Å². The number of nitrogens with zero attached hydrogens (tertiary/aromatic N) is 1. The second-order valence-electron chi connectivity index (χ2n) is 10.3. The van der Waals surface area contributed by atoms with Crippen LogP contribution in [-0.2, 0) is 19.2 Å². The Morgan fingerprint density at radius 3 is 2.47 bits per heavy atom. The largest absolute Gasteiger partial charge is 0.504 e. The molecule has 6 rings (SSSR count). The van der Waals surface area contributed by atoms with E-state index in [0.717, 1.165) is 5.57 Å². The number of phenols is 1. The topological polar surface area (TPSA) is 113 Å². The van der Waals surface area contributed by atoms with E-state index in [4.69, 9.17) is 4.74 Å². The molecule has 2 N–H and O–H groups in total. The van der Waals surface area contributed by atoms with Crippen LogP contribution in [0.15, 0.2) is 60.2 Å². The molecule has 0 radical (unpaired) electrons. The number of rotatable bonds is 3. The molecule has 8 nitrogen and oxygen atoms in total. The molecule has 0 bridgehead atoms. The predicted molar refractivity (Wildman–Crippen MR) is 129 cm³/mol. The summed E-state index contributed by atoms with van der Waals surface area (Å²) in [6.45, 7) is 1.82. The van der Waals surface area contributed by atoms with Crippen LogP contribution in [0.5, 0.6) is 11.5 Å². The molecular formula is C28H26N2O6. The lowest BCUT2D eigenvalue weighted by molar-refractivity contribution is -0.131. The Morgan fingerprint density at radius 2 is 1.78 bits per heavy atom. The highest BCUT2D eigenvalue weighted by molar-refractivity contribution is 6.24. The molecule has 2 aliphatic carbocycles. The van der Waals surface area contributed by atoms with E-state index in [2.05, 4.69) is 5.32 Å². The van der Waals surface area contributed by atoms with Gasteiger partial charge in [-0.15, -0.1) is 0 Å². The van der Waals surface area contributed by atoms with Gasteiger partial charge in [0.1, 0.15) is 0 Å². The van der Waals surface area contributed by atoms with Crippen LogP contribution in [0, 0.1) is 29.1 Å². The van der Waals surface area contributed by atoms with Gasteiger partial charge in [-0.25, -0.2) is 4.90 Å². The van der Waals surface area contributed by atoms with Gasteiger partial charge in [0.25, 0.3) is 0 Å². The van der Waals surface area contributed by atoms with E-state index >= 15 is 0 Å². The van der Waals surface area contributed by atoms with Crippen LogP contribution < -0.4 is 15.0 Å². The molecule has 0 aromatic heterocycles. The smallest absolute Gasteiger partial charge is 0.241 e. The van der Waals surface area contributed by atoms with Crippen molar-refractivity contribution < 1.29 is 29.0 Å². The monoisotopic (exact) mass is 486 g/mol. The van der Waals surface area contributed by atoms with Crippen LogP contribution >= 0.6 is 0 Å². The number of benzene rings is 2. The lowest BCUT2D eigenvalue weighted by Gasteiger charge is -2.49. The number of anilines is 1. The Balaban J connectivity index is 1.54. The summed E-state index contributed by atoms with van der Waals surface area (Å²) in [7, 11) is 1.46. The van der Waals surface area contributed by atoms with Crippen molar-refractivity contribution in [3.63, 3.8) is 0 Å². The lowest BCUT2D eigenvalue weighted by atomic mass is 9.51. The first kappa shape index (κ1) is 22.5. The van der Waals surface area contributed by atoms with E-state index in [1.165, 1.54) is 12.0 Å². The van der Waals surface area contributed by atoms with Crippen LogP contribution in [0.25, 0.3) is 0 Å². The number of para-hydroxylation sites is 1. The average molecular weight is 487 g/mol. The van der Waals surface area contributed by atoms with E-state index in [-0.39, 0.29) is 35.3 Å². The first-order chi connectivity index (χ1) is 17.3. The fourth-order valence-corrected chi connectivity index (χ4v) is 7.02. The fraction of sp³-hybridized carbons (Fsp3) is 0.357. The van der Waals surface area contributed by atoms with Gasteiger partial charge in [-0.3, -0.25) is 24.5 Å². The van der Waals surface area contributed by atoms with Crippen molar-refractivity contribution in [3.05, 3.63) is 65.7 Å². The zero-order valence-electron chi connectivity index (χ0n) is 19.9. The second kappa shape index (κ2) is 7.78. The molecule has 36 heavy (non-hydrogen) atoms.